The quantitative estimate of drug-likeness (QED) is 0.749. The number of hydrogen-bond acceptors (Lipinski definition) is 5. The van der Waals surface area contributed by atoms with Crippen molar-refractivity contribution in [2.45, 2.75) is 20.8 Å². The van der Waals surface area contributed by atoms with Gasteiger partial charge in [-0.15, -0.1) is 0 Å². The van der Waals surface area contributed by atoms with Crippen molar-refractivity contribution in [3.63, 3.8) is 0 Å². The fourth-order valence-electron chi connectivity index (χ4n) is 1.37. The predicted octanol–water partition coefficient (Wildman–Crippen LogP) is 3.04. The van der Waals surface area contributed by atoms with Crippen molar-refractivity contribution in [2.24, 2.45) is 5.41 Å². The van der Waals surface area contributed by atoms with E-state index in [1.807, 2.05) is 19.9 Å². The number of benzene rings is 1. The Balaban J connectivity index is 2.39. The molecule has 0 unspecified atom stereocenters. The number of carbonyl (C=O) groups excluding carboxylic acids is 2. The maximum atomic E-state index is 11.8. The molecule has 0 spiro atoms. The summed E-state index contributed by atoms with van der Waals surface area (Å²) in [4.78, 5) is 22.9. The van der Waals surface area contributed by atoms with Gasteiger partial charge in [0, 0.05) is 5.41 Å². The van der Waals surface area contributed by atoms with Crippen LogP contribution in [0.15, 0.2) is 30.3 Å². The van der Waals surface area contributed by atoms with Crippen LogP contribution in [0.5, 0.6) is 0 Å². The first-order chi connectivity index (χ1) is 9.44. The number of esters is 1. The minimum absolute atomic E-state index is 0.119. The molecule has 110 valence electrons. The van der Waals surface area contributed by atoms with Crippen molar-refractivity contribution in [2.75, 3.05) is 19.8 Å². The highest BCUT2D eigenvalue weighted by atomic mass is 16.7. The lowest BCUT2D eigenvalue weighted by Crippen LogP contribution is -2.28. The van der Waals surface area contributed by atoms with Gasteiger partial charge in [0.1, 0.15) is 6.61 Å². The second kappa shape index (κ2) is 7.53. The molecule has 5 heteroatoms. The van der Waals surface area contributed by atoms with Crippen LogP contribution in [0.3, 0.4) is 0 Å². The summed E-state index contributed by atoms with van der Waals surface area (Å²) in [5.41, 5.74) is 0.0200. The van der Waals surface area contributed by atoms with Gasteiger partial charge in [0.25, 0.3) is 0 Å². The summed E-state index contributed by atoms with van der Waals surface area (Å²) in [7, 11) is 0. The van der Waals surface area contributed by atoms with Crippen molar-refractivity contribution >= 4 is 12.1 Å². The summed E-state index contributed by atoms with van der Waals surface area (Å²) >= 11 is 0. The molecule has 0 bridgehead atoms. The van der Waals surface area contributed by atoms with Crippen molar-refractivity contribution < 1.29 is 23.8 Å². The standard InChI is InChI=1S/C15H20O5/c1-4-18-14(17)20-11-15(2,3)10-19-13(16)12-8-6-5-7-9-12/h5-9H,4,10-11H2,1-3H3. The molecule has 1 aromatic rings. The van der Waals surface area contributed by atoms with E-state index < -0.39 is 17.5 Å². The first-order valence-electron chi connectivity index (χ1n) is 6.46. The van der Waals surface area contributed by atoms with Crippen LogP contribution in [0.1, 0.15) is 31.1 Å². The van der Waals surface area contributed by atoms with E-state index in [-0.39, 0.29) is 19.8 Å². The van der Waals surface area contributed by atoms with E-state index in [2.05, 4.69) is 4.74 Å². The Kier molecular flexibility index (Phi) is 6.03. The molecule has 0 radical (unpaired) electrons. The van der Waals surface area contributed by atoms with Crippen molar-refractivity contribution in [3.8, 4) is 0 Å². The molecule has 0 amide bonds. The SMILES string of the molecule is CCOC(=O)OCC(C)(C)COC(=O)c1ccccc1. The second-order valence-electron chi connectivity index (χ2n) is 5.08. The number of carbonyl (C=O) groups is 2. The number of hydrogen-bond donors (Lipinski definition) is 0. The number of rotatable bonds is 6. The third-order valence-corrected chi connectivity index (χ3v) is 2.45. The van der Waals surface area contributed by atoms with E-state index in [0.717, 1.165) is 0 Å². The summed E-state index contributed by atoms with van der Waals surface area (Å²) in [6.07, 6.45) is -0.713. The van der Waals surface area contributed by atoms with E-state index in [1.54, 1.807) is 31.2 Å². The topological polar surface area (TPSA) is 61.8 Å². The highest BCUT2D eigenvalue weighted by Crippen LogP contribution is 2.17. The van der Waals surface area contributed by atoms with E-state index in [4.69, 9.17) is 9.47 Å². The third kappa shape index (κ3) is 5.73. The summed E-state index contributed by atoms with van der Waals surface area (Å²) in [5.74, 6) is -0.394. The molecule has 20 heavy (non-hydrogen) atoms. The fraction of sp³-hybridized carbons (Fsp3) is 0.467. The summed E-state index contributed by atoms with van der Waals surface area (Å²) in [6, 6.07) is 8.74. The molecule has 0 saturated heterocycles. The van der Waals surface area contributed by atoms with Gasteiger partial charge in [0.05, 0.1) is 18.8 Å². The number of ether oxygens (including phenoxy) is 3. The minimum atomic E-state index is -0.713. The fourth-order valence-corrected chi connectivity index (χ4v) is 1.37. The van der Waals surface area contributed by atoms with Gasteiger partial charge in [0.2, 0.25) is 0 Å². The summed E-state index contributed by atoms with van der Waals surface area (Å²) < 4.78 is 14.8. The van der Waals surface area contributed by atoms with E-state index in [0.29, 0.717) is 5.56 Å². The molecule has 0 N–H and O–H groups in total. The van der Waals surface area contributed by atoms with E-state index >= 15 is 0 Å². The summed E-state index contributed by atoms with van der Waals surface area (Å²) in [5, 5.41) is 0. The zero-order chi connectivity index (χ0) is 15.0. The normalized spacial score (nSPS) is 10.8. The summed E-state index contributed by atoms with van der Waals surface area (Å²) in [6.45, 7) is 5.92. The van der Waals surface area contributed by atoms with Crippen LogP contribution in [0.25, 0.3) is 0 Å². The van der Waals surface area contributed by atoms with Gasteiger partial charge < -0.3 is 14.2 Å². The van der Waals surface area contributed by atoms with Gasteiger partial charge in [-0.05, 0) is 19.1 Å². The Morgan fingerprint density at radius 3 is 2.20 bits per heavy atom. The maximum Gasteiger partial charge on any atom is 0.508 e. The zero-order valence-corrected chi connectivity index (χ0v) is 12.0. The van der Waals surface area contributed by atoms with Crippen LogP contribution >= 0.6 is 0 Å². The van der Waals surface area contributed by atoms with E-state index in [1.165, 1.54) is 0 Å². The van der Waals surface area contributed by atoms with Gasteiger partial charge in [-0.3, -0.25) is 0 Å². The van der Waals surface area contributed by atoms with Crippen molar-refractivity contribution in [3.05, 3.63) is 35.9 Å². The molecular weight excluding hydrogens is 260 g/mol. The van der Waals surface area contributed by atoms with Gasteiger partial charge in [-0.1, -0.05) is 32.0 Å². The molecule has 0 aromatic heterocycles. The Bertz CT molecular complexity index is 439. The average molecular weight is 280 g/mol. The van der Waals surface area contributed by atoms with Crippen molar-refractivity contribution in [1.29, 1.82) is 0 Å². The van der Waals surface area contributed by atoms with Crippen LogP contribution in [0, 0.1) is 5.41 Å². The molecule has 0 aliphatic rings. The minimum Gasteiger partial charge on any atom is -0.461 e. The Labute approximate surface area is 118 Å². The molecule has 1 rings (SSSR count). The Morgan fingerprint density at radius 1 is 1.00 bits per heavy atom. The van der Waals surface area contributed by atoms with Crippen LogP contribution in [0.2, 0.25) is 0 Å². The second-order valence-corrected chi connectivity index (χ2v) is 5.08. The lowest BCUT2D eigenvalue weighted by atomic mass is 9.96. The third-order valence-electron chi connectivity index (χ3n) is 2.45. The highest BCUT2D eigenvalue weighted by Gasteiger charge is 2.23. The lowest BCUT2D eigenvalue weighted by Gasteiger charge is -2.23. The first-order valence-corrected chi connectivity index (χ1v) is 6.46. The zero-order valence-electron chi connectivity index (χ0n) is 12.0. The largest absolute Gasteiger partial charge is 0.508 e. The van der Waals surface area contributed by atoms with Crippen LogP contribution in [-0.2, 0) is 14.2 Å². The molecule has 0 saturated carbocycles. The maximum absolute atomic E-state index is 11.8. The average Bonchev–Trinajstić information content (AvgIpc) is 2.44. The van der Waals surface area contributed by atoms with E-state index in [9.17, 15) is 9.59 Å². The first kappa shape index (κ1) is 16.0. The van der Waals surface area contributed by atoms with Crippen LogP contribution in [0.4, 0.5) is 4.79 Å². The Morgan fingerprint density at radius 2 is 1.60 bits per heavy atom. The molecule has 0 aliphatic carbocycles. The monoisotopic (exact) mass is 280 g/mol. The lowest BCUT2D eigenvalue weighted by molar-refractivity contribution is 0.000633. The van der Waals surface area contributed by atoms with Gasteiger partial charge >= 0.3 is 12.1 Å². The molecule has 0 heterocycles. The molecular formula is C15H20O5. The van der Waals surface area contributed by atoms with Gasteiger partial charge in [-0.2, -0.15) is 0 Å². The smallest absolute Gasteiger partial charge is 0.461 e. The molecule has 0 atom stereocenters. The Hall–Kier alpha value is -2.04. The molecule has 0 aliphatic heterocycles. The predicted molar refractivity (Wildman–Crippen MR) is 73.5 cm³/mol. The highest BCUT2D eigenvalue weighted by molar-refractivity contribution is 5.89. The molecule has 1 aromatic carbocycles. The van der Waals surface area contributed by atoms with Gasteiger partial charge in [0.15, 0.2) is 0 Å². The van der Waals surface area contributed by atoms with Crippen molar-refractivity contribution in [1.82, 2.24) is 0 Å². The molecule has 0 fully saturated rings. The molecule has 5 nitrogen and oxygen atoms in total. The van der Waals surface area contributed by atoms with Crippen LogP contribution in [-0.4, -0.2) is 31.9 Å². The van der Waals surface area contributed by atoms with Crippen LogP contribution < -0.4 is 0 Å². The van der Waals surface area contributed by atoms with Gasteiger partial charge in [-0.25, -0.2) is 9.59 Å².